The Kier molecular flexibility index (Phi) is 4.22. The number of hydrogen-bond acceptors (Lipinski definition) is 4. The number of thioether (sulfide) groups is 1. The molecule has 0 saturated carbocycles. The number of aryl methyl sites for hydroxylation is 1. The van der Waals surface area contributed by atoms with E-state index in [0.717, 1.165) is 16.4 Å². The zero-order chi connectivity index (χ0) is 15.4. The lowest BCUT2D eigenvalue weighted by Crippen LogP contribution is -1.96. The second-order valence-corrected chi connectivity index (χ2v) is 5.82. The molecule has 0 fully saturated rings. The molecule has 2 aromatic carbocycles. The number of nitriles is 1. The third kappa shape index (κ3) is 3.02. The van der Waals surface area contributed by atoms with Gasteiger partial charge in [-0.15, -0.1) is 10.2 Å². The number of nitrogens with zero attached hydrogens (tertiary/aromatic N) is 4. The summed E-state index contributed by atoms with van der Waals surface area (Å²) < 4.78 is 1.96. The Bertz CT molecular complexity index is 832. The third-order valence-corrected chi connectivity index (χ3v) is 4.28. The summed E-state index contributed by atoms with van der Waals surface area (Å²) in [5, 5.41) is 18.2. The van der Waals surface area contributed by atoms with E-state index >= 15 is 0 Å². The first-order chi connectivity index (χ1) is 10.8. The molecule has 3 aromatic rings. The average molecular weight is 306 g/mol. The van der Waals surface area contributed by atoms with Crippen molar-refractivity contribution in [2.24, 2.45) is 0 Å². The number of hydrogen-bond donors (Lipinski definition) is 0. The van der Waals surface area contributed by atoms with E-state index in [4.69, 9.17) is 5.26 Å². The molecular formula is C17H14N4S. The van der Waals surface area contributed by atoms with Gasteiger partial charge in [0.2, 0.25) is 0 Å². The van der Waals surface area contributed by atoms with Gasteiger partial charge in [-0.1, -0.05) is 42.1 Å². The Morgan fingerprint density at radius 1 is 1.18 bits per heavy atom. The fourth-order valence-corrected chi connectivity index (χ4v) is 3.11. The van der Waals surface area contributed by atoms with Gasteiger partial charge in [0.15, 0.2) is 5.16 Å². The van der Waals surface area contributed by atoms with Crippen molar-refractivity contribution >= 4 is 11.8 Å². The molecule has 0 aliphatic carbocycles. The Morgan fingerprint density at radius 2 is 2.05 bits per heavy atom. The van der Waals surface area contributed by atoms with Crippen molar-refractivity contribution in [3.63, 3.8) is 0 Å². The van der Waals surface area contributed by atoms with Crippen LogP contribution in [-0.4, -0.2) is 14.8 Å². The Morgan fingerprint density at radius 3 is 2.86 bits per heavy atom. The zero-order valence-corrected chi connectivity index (χ0v) is 12.9. The highest BCUT2D eigenvalue weighted by molar-refractivity contribution is 7.98. The van der Waals surface area contributed by atoms with E-state index in [0.29, 0.717) is 11.3 Å². The first-order valence-corrected chi connectivity index (χ1v) is 7.84. The molecule has 4 nitrogen and oxygen atoms in total. The van der Waals surface area contributed by atoms with Gasteiger partial charge in [-0.05, 0) is 36.2 Å². The highest BCUT2D eigenvalue weighted by Gasteiger charge is 2.09. The molecule has 5 heteroatoms. The maximum Gasteiger partial charge on any atom is 0.195 e. The van der Waals surface area contributed by atoms with Crippen LogP contribution in [0.2, 0.25) is 0 Å². The Labute approximate surface area is 133 Å². The molecule has 0 aliphatic heterocycles. The summed E-state index contributed by atoms with van der Waals surface area (Å²) in [6, 6.07) is 18.1. The molecule has 0 aliphatic rings. The summed E-state index contributed by atoms with van der Waals surface area (Å²) >= 11 is 1.58. The van der Waals surface area contributed by atoms with Crippen molar-refractivity contribution in [3.05, 3.63) is 71.5 Å². The number of rotatable bonds is 4. The van der Waals surface area contributed by atoms with Crippen molar-refractivity contribution in [3.8, 4) is 11.8 Å². The molecular weight excluding hydrogens is 292 g/mol. The van der Waals surface area contributed by atoms with Crippen molar-refractivity contribution in [1.29, 1.82) is 5.26 Å². The summed E-state index contributed by atoms with van der Waals surface area (Å²) in [5.74, 6) is 0.689. The summed E-state index contributed by atoms with van der Waals surface area (Å²) in [6.07, 6.45) is 1.72. The zero-order valence-electron chi connectivity index (χ0n) is 12.1. The van der Waals surface area contributed by atoms with Gasteiger partial charge in [0.1, 0.15) is 6.33 Å². The Balaban J connectivity index is 1.83. The molecule has 0 bridgehead atoms. The van der Waals surface area contributed by atoms with Gasteiger partial charge >= 0.3 is 0 Å². The fourth-order valence-electron chi connectivity index (χ4n) is 2.18. The predicted octanol–water partition coefficient (Wildman–Crippen LogP) is 3.74. The monoisotopic (exact) mass is 306 g/mol. The SMILES string of the molecule is Cc1cccc(-n2cnnc2SCc2ccccc2C#N)c1. The van der Waals surface area contributed by atoms with E-state index in [-0.39, 0.29) is 0 Å². The molecule has 0 saturated heterocycles. The summed E-state index contributed by atoms with van der Waals surface area (Å²) in [6.45, 7) is 2.06. The van der Waals surface area contributed by atoms with Crippen LogP contribution in [0, 0.1) is 18.3 Å². The van der Waals surface area contributed by atoms with Crippen molar-refractivity contribution < 1.29 is 0 Å². The van der Waals surface area contributed by atoms with Crippen molar-refractivity contribution in [1.82, 2.24) is 14.8 Å². The first kappa shape index (κ1) is 14.4. The molecule has 1 aromatic heterocycles. The molecule has 0 N–H and O–H groups in total. The van der Waals surface area contributed by atoms with Crippen LogP contribution in [0.15, 0.2) is 60.0 Å². The Hall–Kier alpha value is -2.58. The molecule has 0 spiro atoms. The molecule has 0 amide bonds. The van der Waals surface area contributed by atoms with Gasteiger partial charge in [-0.2, -0.15) is 5.26 Å². The van der Waals surface area contributed by atoms with Crippen LogP contribution in [0.4, 0.5) is 0 Å². The molecule has 108 valence electrons. The lowest BCUT2D eigenvalue weighted by atomic mass is 10.1. The molecule has 0 unspecified atom stereocenters. The highest BCUT2D eigenvalue weighted by Crippen LogP contribution is 2.25. The lowest BCUT2D eigenvalue weighted by Gasteiger charge is -2.07. The van der Waals surface area contributed by atoms with Gasteiger partial charge in [-0.3, -0.25) is 4.57 Å². The summed E-state index contributed by atoms with van der Waals surface area (Å²) in [7, 11) is 0. The lowest BCUT2D eigenvalue weighted by molar-refractivity contribution is 0.882. The maximum atomic E-state index is 9.15. The number of aromatic nitrogens is 3. The van der Waals surface area contributed by atoms with Crippen LogP contribution in [0.1, 0.15) is 16.7 Å². The van der Waals surface area contributed by atoms with Crippen molar-refractivity contribution in [2.45, 2.75) is 17.8 Å². The van der Waals surface area contributed by atoms with Gasteiger partial charge in [-0.25, -0.2) is 0 Å². The van der Waals surface area contributed by atoms with E-state index in [1.807, 2.05) is 41.0 Å². The van der Waals surface area contributed by atoms with Crippen LogP contribution in [-0.2, 0) is 5.75 Å². The molecule has 22 heavy (non-hydrogen) atoms. The van der Waals surface area contributed by atoms with Crippen LogP contribution in [0.3, 0.4) is 0 Å². The molecule has 3 rings (SSSR count). The van der Waals surface area contributed by atoms with E-state index in [2.05, 4.69) is 35.3 Å². The second kappa shape index (κ2) is 6.46. The second-order valence-electron chi connectivity index (χ2n) is 4.88. The quantitative estimate of drug-likeness (QED) is 0.689. The summed E-state index contributed by atoms with van der Waals surface area (Å²) in [5.41, 5.74) is 3.95. The number of benzene rings is 2. The average Bonchev–Trinajstić information content (AvgIpc) is 3.01. The van der Waals surface area contributed by atoms with Gasteiger partial charge in [0.25, 0.3) is 0 Å². The smallest absolute Gasteiger partial charge is 0.195 e. The van der Waals surface area contributed by atoms with Crippen LogP contribution < -0.4 is 0 Å². The molecule has 1 heterocycles. The van der Waals surface area contributed by atoms with Crippen LogP contribution in [0.5, 0.6) is 0 Å². The normalized spacial score (nSPS) is 10.4. The minimum Gasteiger partial charge on any atom is -0.277 e. The predicted molar refractivity (Wildman–Crippen MR) is 86.8 cm³/mol. The molecule has 0 atom stereocenters. The third-order valence-electron chi connectivity index (χ3n) is 3.29. The topological polar surface area (TPSA) is 54.5 Å². The molecule has 0 radical (unpaired) electrons. The standard InChI is InChI=1S/C17H14N4S/c1-13-5-4-8-16(9-13)21-12-19-20-17(21)22-11-15-7-3-2-6-14(15)10-18/h2-9,12H,11H2,1H3. The maximum absolute atomic E-state index is 9.15. The minimum absolute atomic E-state index is 0.689. The van der Waals surface area contributed by atoms with E-state index < -0.39 is 0 Å². The van der Waals surface area contributed by atoms with E-state index in [1.165, 1.54) is 5.56 Å². The van der Waals surface area contributed by atoms with E-state index in [1.54, 1.807) is 18.1 Å². The van der Waals surface area contributed by atoms with Gasteiger partial charge in [0, 0.05) is 11.4 Å². The largest absolute Gasteiger partial charge is 0.277 e. The van der Waals surface area contributed by atoms with Crippen molar-refractivity contribution in [2.75, 3.05) is 0 Å². The van der Waals surface area contributed by atoms with Crippen LogP contribution in [0.25, 0.3) is 5.69 Å². The van der Waals surface area contributed by atoms with E-state index in [9.17, 15) is 0 Å². The van der Waals surface area contributed by atoms with Gasteiger partial charge < -0.3 is 0 Å². The minimum atomic E-state index is 0.689. The van der Waals surface area contributed by atoms with Gasteiger partial charge in [0.05, 0.1) is 11.6 Å². The highest BCUT2D eigenvalue weighted by atomic mass is 32.2. The van der Waals surface area contributed by atoms with Crippen LogP contribution >= 0.6 is 11.8 Å². The first-order valence-electron chi connectivity index (χ1n) is 6.86. The fraction of sp³-hybridized carbons (Fsp3) is 0.118. The summed E-state index contributed by atoms with van der Waals surface area (Å²) in [4.78, 5) is 0.